The van der Waals surface area contributed by atoms with Gasteiger partial charge < -0.3 is 0 Å². The van der Waals surface area contributed by atoms with E-state index in [4.69, 9.17) is 4.98 Å². The number of sulfonamides is 1. The van der Waals surface area contributed by atoms with Crippen LogP contribution in [0.3, 0.4) is 0 Å². The molecule has 0 radical (unpaired) electrons. The Kier molecular flexibility index (Phi) is 5.99. The van der Waals surface area contributed by atoms with Gasteiger partial charge in [0.25, 0.3) is 0 Å². The smallest absolute Gasteiger partial charge is 0.211 e. The molecule has 4 unspecified atom stereocenters. The molecule has 6 nitrogen and oxygen atoms in total. The van der Waals surface area contributed by atoms with Crippen molar-refractivity contribution in [3.05, 3.63) is 47.9 Å². The van der Waals surface area contributed by atoms with E-state index in [0.717, 1.165) is 48.7 Å². The molecule has 3 aliphatic rings. The molecular weight excluding hydrogens is 384 g/mol. The largest absolute Gasteiger partial charge is 0.298 e. The maximum atomic E-state index is 12.0. The van der Waals surface area contributed by atoms with Crippen LogP contribution in [-0.2, 0) is 10.0 Å². The second-order valence-electron chi connectivity index (χ2n) is 8.30. The third kappa shape index (κ3) is 4.68. The van der Waals surface area contributed by atoms with Gasteiger partial charge in [-0.3, -0.25) is 4.90 Å². The number of piperidine rings is 3. The van der Waals surface area contributed by atoms with Crippen molar-refractivity contribution in [2.45, 2.75) is 45.1 Å². The Morgan fingerprint density at radius 1 is 1.21 bits per heavy atom. The van der Waals surface area contributed by atoms with Crippen molar-refractivity contribution in [1.82, 2.24) is 19.6 Å². The second kappa shape index (κ2) is 8.50. The van der Waals surface area contributed by atoms with Crippen LogP contribution < -0.4 is 4.72 Å². The van der Waals surface area contributed by atoms with Crippen LogP contribution in [0, 0.1) is 12.8 Å². The topological polar surface area (TPSA) is 75.2 Å². The summed E-state index contributed by atoms with van der Waals surface area (Å²) in [7, 11) is -3.15. The highest BCUT2D eigenvalue weighted by Crippen LogP contribution is 2.41. The van der Waals surface area contributed by atoms with Gasteiger partial charge in [-0.2, -0.15) is 0 Å². The van der Waals surface area contributed by atoms with Crippen LogP contribution in [0.5, 0.6) is 0 Å². The minimum atomic E-state index is -3.15. The summed E-state index contributed by atoms with van der Waals surface area (Å²) < 4.78 is 26.9. The van der Waals surface area contributed by atoms with Crippen molar-refractivity contribution in [2.24, 2.45) is 5.92 Å². The van der Waals surface area contributed by atoms with Crippen molar-refractivity contribution in [1.29, 1.82) is 0 Å². The number of fused-ring (bicyclic) bond motifs is 3. The first-order chi connectivity index (χ1) is 13.9. The van der Waals surface area contributed by atoms with Gasteiger partial charge in [-0.15, -0.1) is 0 Å². The van der Waals surface area contributed by atoms with Crippen LogP contribution in [-0.4, -0.2) is 54.7 Å². The molecule has 0 aliphatic carbocycles. The molecule has 0 amide bonds. The highest BCUT2D eigenvalue weighted by molar-refractivity contribution is 7.89. The molecule has 3 fully saturated rings. The average molecular weight is 415 g/mol. The minimum Gasteiger partial charge on any atom is -0.298 e. The first kappa shape index (κ1) is 20.4. The second-order valence-corrected chi connectivity index (χ2v) is 10.2. The summed E-state index contributed by atoms with van der Waals surface area (Å²) in [6.07, 6.45) is 2.81. The van der Waals surface area contributed by atoms with Crippen molar-refractivity contribution >= 4 is 10.0 Å². The van der Waals surface area contributed by atoms with Crippen molar-refractivity contribution in [2.75, 3.05) is 25.4 Å². The van der Waals surface area contributed by atoms with Crippen molar-refractivity contribution in [3.8, 4) is 11.3 Å². The van der Waals surface area contributed by atoms with E-state index >= 15 is 0 Å². The molecular formula is C22H30N4O2S. The zero-order chi connectivity index (χ0) is 20.4. The molecule has 2 bridgehead atoms. The average Bonchev–Trinajstić information content (AvgIpc) is 2.73. The highest BCUT2D eigenvalue weighted by atomic mass is 32.2. The van der Waals surface area contributed by atoms with Crippen LogP contribution in [0.25, 0.3) is 11.3 Å². The van der Waals surface area contributed by atoms with E-state index in [1.165, 1.54) is 0 Å². The number of hydrogen-bond acceptors (Lipinski definition) is 5. The van der Waals surface area contributed by atoms with E-state index in [0.29, 0.717) is 24.8 Å². The molecule has 2 aromatic rings. The zero-order valence-electron chi connectivity index (χ0n) is 17.2. The monoisotopic (exact) mass is 414 g/mol. The predicted octanol–water partition coefficient (Wildman–Crippen LogP) is 2.96. The summed E-state index contributed by atoms with van der Waals surface area (Å²) in [6, 6.07) is 12.7. The Labute approximate surface area is 173 Å². The Morgan fingerprint density at radius 2 is 2.00 bits per heavy atom. The van der Waals surface area contributed by atoms with Gasteiger partial charge in [0.2, 0.25) is 10.0 Å². The lowest BCUT2D eigenvalue weighted by molar-refractivity contribution is 0.0317. The van der Waals surface area contributed by atoms with Crippen molar-refractivity contribution in [3.63, 3.8) is 0 Å². The van der Waals surface area contributed by atoms with E-state index in [2.05, 4.69) is 32.8 Å². The van der Waals surface area contributed by atoms with Crippen LogP contribution in [0.15, 0.2) is 36.4 Å². The van der Waals surface area contributed by atoms with E-state index in [9.17, 15) is 8.42 Å². The van der Waals surface area contributed by atoms with Gasteiger partial charge in [-0.25, -0.2) is 23.1 Å². The number of aryl methyl sites for hydroxylation is 1. The maximum Gasteiger partial charge on any atom is 0.211 e. The Morgan fingerprint density at radius 3 is 2.69 bits per heavy atom. The zero-order valence-corrected chi connectivity index (χ0v) is 18.0. The van der Waals surface area contributed by atoms with Gasteiger partial charge in [0.05, 0.1) is 11.4 Å². The fourth-order valence-corrected chi connectivity index (χ4v) is 5.92. The molecule has 7 heteroatoms. The molecule has 0 saturated carbocycles. The Bertz CT molecular complexity index is 949. The predicted molar refractivity (Wildman–Crippen MR) is 115 cm³/mol. The molecule has 1 aromatic heterocycles. The summed E-state index contributed by atoms with van der Waals surface area (Å²) in [5, 5.41) is 0. The van der Waals surface area contributed by atoms with Gasteiger partial charge in [0.15, 0.2) is 0 Å². The minimum absolute atomic E-state index is 0.203. The molecule has 1 N–H and O–H groups in total. The van der Waals surface area contributed by atoms with Gasteiger partial charge in [-0.05, 0) is 44.7 Å². The van der Waals surface area contributed by atoms with Gasteiger partial charge in [0.1, 0.15) is 5.82 Å². The first-order valence-corrected chi connectivity index (χ1v) is 12.2. The number of nitrogens with one attached hydrogen (secondary N) is 1. The number of rotatable bonds is 7. The van der Waals surface area contributed by atoms with Gasteiger partial charge in [-0.1, -0.05) is 37.3 Å². The number of benzene rings is 1. The summed E-state index contributed by atoms with van der Waals surface area (Å²) >= 11 is 0. The molecule has 5 rings (SSSR count). The number of aromatic nitrogens is 2. The lowest BCUT2D eigenvalue weighted by atomic mass is 9.74. The molecule has 1 aromatic carbocycles. The molecule has 0 spiro atoms. The molecule has 3 aliphatic heterocycles. The lowest BCUT2D eigenvalue weighted by Gasteiger charge is -2.49. The normalized spacial score (nSPS) is 26.6. The standard InChI is InChI=1S/C22H30N4O2S/c1-3-11-29(27,28)23-14-19-12-18-9-10-26(19)15-20(18)22-13-21(24-16(2)25-22)17-7-5-4-6-8-17/h4-8,13,18-20,23H,3,9-12,14-15H2,1-2H3. The van der Waals surface area contributed by atoms with Crippen LogP contribution in [0.1, 0.15) is 43.6 Å². The van der Waals surface area contributed by atoms with Gasteiger partial charge >= 0.3 is 0 Å². The first-order valence-electron chi connectivity index (χ1n) is 10.6. The summed E-state index contributed by atoms with van der Waals surface area (Å²) in [6.45, 7) is 6.35. The molecule has 29 heavy (non-hydrogen) atoms. The van der Waals surface area contributed by atoms with E-state index in [-0.39, 0.29) is 11.8 Å². The lowest BCUT2D eigenvalue weighted by Crippen LogP contribution is -2.56. The maximum absolute atomic E-state index is 12.0. The quantitative estimate of drug-likeness (QED) is 0.754. The number of nitrogens with zero attached hydrogens (tertiary/aromatic N) is 3. The molecule has 3 saturated heterocycles. The van der Waals surface area contributed by atoms with Crippen LogP contribution in [0.4, 0.5) is 0 Å². The fourth-order valence-electron chi connectivity index (χ4n) is 4.79. The summed E-state index contributed by atoms with van der Waals surface area (Å²) in [5.41, 5.74) is 3.22. The fraction of sp³-hybridized carbons (Fsp3) is 0.545. The summed E-state index contributed by atoms with van der Waals surface area (Å²) in [4.78, 5) is 11.9. The summed E-state index contributed by atoms with van der Waals surface area (Å²) in [5.74, 6) is 1.94. The third-order valence-electron chi connectivity index (χ3n) is 6.20. The molecule has 4 heterocycles. The van der Waals surface area contributed by atoms with Gasteiger partial charge in [0, 0.05) is 36.3 Å². The SMILES string of the molecule is CCCS(=O)(=O)NCC1CC2CCN1CC2c1cc(-c2ccccc2)nc(C)n1. The highest BCUT2D eigenvalue weighted by Gasteiger charge is 2.41. The van der Waals surface area contributed by atoms with E-state index in [1.54, 1.807) is 0 Å². The van der Waals surface area contributed by atoms with E-state index in [1.807, 2.05) is 32.0 Å². The molecule has 4 atom stereocenters. The number of hydrogen-bond donors (Lipinski definition) is 1. The third-order valence-corrected chi connectivity index (χ3v) is 7.75. The Balaban J connectivity index is 1.49. The molecule has 156 valence electrons. The van der Waals surface area contributed by atoms with Crippen LogP contribution >= 0.6 is 0 Å². The van der Waals surface area contributed by atoms with E-state index < -0.39 is 10.0 Å². The Hall–Kier alpha value is -1.83. The van der Waals surface area contributed by atoms with Crippen molar-refractivity contribution < 1.29 is 8.42 Å². The van der Waals surface area contributed by atoms with Crippen LogP contribution in [0.2, 0.25) is 0 Å².